The summed E-state index contributed by atoms with van der Waals surface area (Å²) < 4.78 is 0. The van der Waals surface area contributed by atoms with Crippen LogP contribution in [0.15, 0.2) is 84.9 Å². The van der Waals surface area contributed by atoms with E-state index in [1.54, 1.807) is 0 Å². The van der Waals surface area contributed by atoms with Crippen molar-refractivity contribution in [3.63, 3.8) is 0 Å². The summed E-state index contributed by atoms with van der Waals surface area (Å²) in [5.74, 6) is -0.400. The first kappa shape index (κ1) is 17.2. The van der Waals surface area contributed by atoms with Crippen molar-refractivity contribution in [3.8, 4) is 6.07 Å². The predicted molar refractivity (Wildman–Crippen MR) is 104 cm³/mol. The zero-order chi connectivity index (χ0) is 18.4. The second kappa shape index (κ2) is 7.96. The molecule has 0 saturated heterocycles. The number of hydrogen-bond acceptors (Lipinski definition) is 2. The molecule has 26 heavy (non-hydrogen) atoms. The van der Waals surface area contributed by atoms with Gasteiger partial charge in [0, 0.05) is 5.57 Å². The van der Waals surface area contributed by atoms with E-state index in [0.29, 0.717) is 5.57 Å². The van der Waals surface area contributed by atoms with Crippen LogP contribution in [0.1, 0.15) is 22.3 Å². The van der Waals surface area contributed by atoms with E-state index >= 15 is 0 Å². The summed E-state index contributed by atoms with van der Waals surface area (Å²) in [7, 11) is 0. The maximum Gasteiger partial charge on any atom is 0.221 e. The minimum atomic E-state index is -0.400. The standard InChI is InChI=1S/C23H18N2O/c24-16-21(17-9-3-1-4-10-17)23(18-11-5-2-6-12-18)20-14-8-7-13-19(20)15-22(25)26/h1-14H,15H2,(H2,25,26)/b23-21+. The maximum atomic E-state index is 11.5. The lowest BCUT2D eigenvalue weighted by molar-refractivity contribution is -0.117. The molecule has 3 rings (SSSR count). The minimum Gasteiger partial charge on any atom is -0.369 e. The summed E-state index contributed by atoms with van der Waals surface area (Å²) in [6, 6.07) is 29.3. The third kappa shape index (κ3) is 3.71. The van der Waals surface area contributed by atoms with E-state index in [1.807, 2.05) is 84.9 Å². The zero-order valence-corrected chi connectivity index (χ0v) is 14.2. The van der Waals surface area contributed by atoms with Crippen molar-refractivity contribution in [2.45, 2.75) is 6.42 Å². The van der Waals surface area contributed by atoms with Crippen molar-refractivity contribution >= 4 is 17.1 Å². The molecule has 0 saturated carbocycles. The first-order valence-corrected chi connectivity index (χ1v) is 8.32. The monoisotopic (exact) mass is 338 g/mol. The molecule has 0 fully saturated rings. The van der Waals surface area contributed by atoms with Gasteiger partial charge in [-0.3, -0.25) is 4.79 Å². The molecule has 0 unspecified atom stereocenters. The van der Waals surface area contributed by atoms with Gasteiger partial charge >= 0.3 is 0 Å². The Morgan fingerprint density at radius 2 is 1.35 bits per heavy atom. The number of nitrogens with zero attached hydrogens (tertiary/aromatic N) is 1. The highest BCUT2D eigenvalue weighted by molar-refractivity contribution is 6.04. The fraction of sp³-hybridized carbons (Fsp3) is 0.0435. The van der Waals surface area contributed by atoms with Crippen LogP contribution >= 0.6 is 0 Å². The van der Waals surface area contributed by atoms with Crippen molar-refractivity contribution in [1.82, 2.24) is 0 Å². The number of nitrogens with two attached hydrogens (primary N) is 1. The normalized spacial score (nSPS) is 11.3. The van der Waals surface area contributed by atoms with Crippen LogP contribution in [0.25, 0.3) is 11.1 Å². The average molecular weight is 338 g/mol. The first-order chi connectivity index (χ1) is 12.7. The Morgan fingerprint density at radius 1 is 0.808 bits per heavy atom. The molecule has 0 heterocycles. The number of primary amides is 1. The van der Waals surface area contributed by atoms with Crippen LogP contribution in [-0.2, 0) is 11.2 Å². The molecule has 0 aliphatic carbocycles. The van der Waals surface area contributed by atoms with Crippen LogP contribution in [0.4, 0.5) is 0 Å². The molecule has 3 aromatic carbocycles. The molecule has 3 nitrogen and oxygen atoms in total. The van der Waals surface area contributed by atoms with Gasteiger partial charge in [-0.25, -0.2) is 0 Å². The summed E-state index contributed by atoms with van der Waals surface area (Å²) in [5.41, 5.74) is 10.2. The minimum absolute atomic E-state index is 0.125. The van der Waals surface area contributed by atoms with Gasteiger partial charge in [0.15, 0.2) is 0 Å². The van der Waals surface area contributed by atoms with E-state index < -0.39 is 5.91 Å². The van der Waals surface area contributed by atoms with Crippen molar-refractivity contribution in [3.05, 3.63) is 107 Å². The average Bonchev–Trinajstić information content (AvgIpc) is 2.68. The summed E-state index contributed by atoms with van der Waals surface area (Å²) in [6.07, 6.45) is 0.125. The Hall–Kier alpha value is -3.64. The van der Waals surface area contributed by atoms with Gasteiger partial charge in [-0.1, -0.05) is 84.9 Å². The van der Waals surface area contributed by atoms with Crippen molar-refractivity contribution in [2.24, 2.45) is 5.73 Å². The molecular weight excluding hydrogens is 320 g/mol. The lowest BCUT2D eigenvalue weighted by Gasteiger charge is -2.16. The van der Waals surface area contributed by atoms with E-state index in [0.717, 1.165) is 27.8 Å². The van der Waals surface area contributed by atoms with Crippen LogP contribution in [0, 0.1) is 11.3 Å². The van der Waals surface area contributed by atoms with Crippen molar-refractivity contribution < 1.29 is 4.79 Å². The third-order valence-electron chi connectivity index (χ3n) is 4.14. The molecular formula is C23H18N2O. The second-order valence-electron chi connectivity index (χ2n) is 5.89. The number of benzene rings is 3. The summed E-state index contributed by atoms with van der Waals surface area (Å²) in [4.78, 5) is 11.5. The summed E-state index contributed by atoms with van der Waals surface area (Å²) >= 11 is 0. The van der Waals surface area contributed by atoms with Gasteiger partial charge in [-0.05, 0) is 22.3 Å². The number of carbonyl (C=O) groups excluding carboxylic acids is 1. The van der Waals surface area contributed by atoms with Gasteiger partial charge in [0.05, 0.1) is 12.0 Å². The van der Waals surface area contributed by atoms with E-state index in [4.69, 9.17) is 5.73 Å². The Balaban J connectivity index is 2.33. The Kier molecular flexibility index (Phi) is 5.26. The van der Waals surface area contributed by atoms with Crippen LogP contribution in [0.3, 0.4) is 0 Å². The predicted octanol–water partition coefficient (Wildman–Crippen LogP) is 4.20. The van der Waals surface area contributed by atoms with Crippen LogP contribution in [-0.4, -0.2) is 5.91 Å². The van der Waals surface area contributed by atoms with Gasteiger partial charge in [0.2, 0.25) is 5.91 Å². The fourth-order valence-electron chi connectivity index (χ4n) is 3.01. The zero-order valence-electron chi connectivity index (χ0n) is 14.2. The summed E-state index contributed by atoms with van der Waals surface area (Å²) in [5, 5.41) is 9.95. The highest BCUT2D eigenvalue weighted by atomic mass is 16.1. The van der Waals surface area contributed by atoms with Crippen LogP contribution < -0.4 is 5.73 Å². The van der Waals surface area contributed by atoms with E-state index in [2.05, 4.69) is 6.07 Å². The highest BCUT2D eigenvalue weighted by Gasteiger charge is 2.17. The molecule has 0 aromatic heterocycles. The molecule has 2 N–H and O–H groups in total. The Morgan fingerprint density at radius 3 is 1.92 bits per heavy atom. The maximum absolute atomic E-state index is 11.5. The number of hydrogen-bond donors (Lipinski definition) is 1. The Bertz CT molecular complexity index is 983. The molecule has 0 aliphatic rings. The smallest absolute Gasteiger partial charge is 0.221 e. The first-order valence-electron chi connectivity index (χ1n) is 8.32. The lowest BCUT2D eigenvalue weighted by Crippen LogP contribution is -2.15. The number of allylic oxidation sites excluding steroid dienone is 1. The largest absolute Gasteiger partial charge is 0.369 e. The molecule has 0 bridgehead atoms. The molecule has 0 spiro atoms. The number of nitriles is 1. The van der Waals surface area contributed by atoms with Crippen molar-refractivity contribution in [1.29, 1.82) is 5.26 Å². The molecule has 0 radical (unpaired) electrons. The number of amides is 1. The molecule has 126 valence electrons. The second-order valence-corrected chi connectivity index (χ2v) is 5.89. The lowest BCUT2D eigenvalue weighted by atomic mass is 9.87. The van der Waals surface area contributed by atoms with E-state index in [9.17, 15) is 10.1 Å². The Labute approximate surface area is 153 Å². The van der Waals surface area contributed by atoms with Crippen molar-refractivity contribution in [2.75, 3.05) is 0 Å². The highest BCUT2D eigenvalue weighted by Crippen LogP contribution is 2.34. The molecule has 0 atom stereocenters. The number of carbonyl (C=O) groups is 1. The van der Waals surface area contributed by atoms with Crippen LogP contribution in [0.2, 0.25) is 0 Å². The van der Waals surface area contributed by atoms with Gasteiger partial charge in [0.25, 0.3) is 0 Å². The van der Waals surface area contributed by atoms with E-state index in [1.165, 1.54) is 0 Å². The van der Waals surface area contributed by atoms with Gasteiger partial charge in [-0.15, -0.1) is 0 Å². The topological polar surface area (TPSA) is 66.9 Å². The fourth-order valence-corrected chi connectivity index (χ4v) is 3.01. The summed E-state index contributed by atoms with van der Waals surface area (Å²) in [6.45, 7) is 0. The quantitative estimate of drug-likeness (QED) is 0.560. The van der Waals surface area contributed by atoms with Gasteiger partial charge in [0.1, 0.15) is 6.07 Å². The molecule has 1 amide bonds. The third-order valence-corrected chi connectivity index (χ3v) is 4.14. The molecule has 3 aromatic rings. The molecule has 0 aliphatic heterocycles. The SMILES string of the molecule is N#C/C(=C(/c1ccccc1)c1ccccc1CC(N)=O)c1ccccc1. The van der Waals surface area contributed by atoms with Gasteiger partial charge in [-0.2, -0.15) is 5.26 Å². The van der Waals surface area contributed by atoms with E-state index in [-0.39, 0.29) is 6.42 Å². The van der Waals surface area contributed by atoms with Crippen LogP contribution in [0.5, 0.6) is 0 Å². The molecule has 3 heteroatoms. The van der Waals surface area contributed by atoms with Gasteiger partial charge < -0.3 is 5.73 Å². The number of rotatable bonds is 5.